The highest BCUT2D eigenvalue weighted by molar-refractivity contribution is 6.37. The van der Waals surface area contributed by atoms with Crippen molar-refractivity contribution in [1.29, 1.82) is 0 Å². The minimum absolute atomic E-state index is 0.121. The number of ketones is 1. The Kier molecular flexibility index (Phi) is 5.06. The number of rotatable bonds is 5. The van der Waals surface area contributed by atoms with Crippen molar-refractivity contribution >= 4 is 39.9 Å². The number of para-hydroxylation sites is 1. The van der Waals surface area contributed by atoms with E-state index in [1.807, 2.05) is 59.2 Å². The fourth-order valence-electron chi connectivity index (χ4n) is 3.54. The van der Waals surface area contributed by atoms with E-state index in [2.05, 4.69) is 9.97 Å². The van der Waals surface area contributed by atoms with Crippen molar-refractivity contribution in [2.45, 2.75) is 6.54 Å². The number of oxazole rings is 1. The molecule has 0 bridgehead atoms. The quantitative estimate of drug-likeness (QED) is 0.297. The number of pyridine rings is 1. The van der Waals surface area contributed by atoms with Crippen molar-refractivity contribution in [3.63, 3.8) is 0 Å². The highest BCUT2D eigenvalue weighted by Crippen LogP contribution is 2.33. The van der Waals surface area contributed by atoms with E-state index < -0.39 is 0 Å². The minimum Gasteiger partial charge on any atom is -0.433 e. The number of aromatic nitrogens is 3. The summed E-state index contributed by atoms with van der Waals surface area (Å²) in [6.45, 7) is 0.501. The van der Waals surface area contributed by atoms with Crippen LogP contribution in [-0.2, 0) is 6.54 Å². The largest absolute Gasteiger partial charge is 0.433 e. The Bertz CT molecular complexity index is 1390. The number of nitrogens with zero attached hydrogens (tertiary/aromatic N) is 3. The molecule has 0 N–H and O–H groups in total. The van der Waals surface area contributed by atoms with Crippen LogP contribution in [0.5, 0.6) is 0 Å². The summed E-state index contributed by atoms with van der Waals surface area (Å²) in [4.78, 5) is 21.7. The van der Waals surface area contributed by atoms with Gasteiger partial charge in [-0.25, -0.2) is 4.98 Å². The number of benzene rings is 2. The average Bonchev–Trinajstić information content (AvgIpc) is 3.40. The lowest BCUT2D eigenvalue weighted by atomic mass is 10.1. The fourth-order valence-corrected chi connectivity index (χ4v) is 4.00. The second-order valence-corrected chi connectivity index (χ2v) is 7.79. The summed E-state index contributed by atoms with van der Waals surface area (Å²) >= 11 is 12.7. The molecule has 152 valence electrons. The summed E-state index contributed by atoms with van der Waals surface area (Å²) in [7, 11) is 0. The van der Waals surface area contributed by atoms with Crippen molar-refractivity contribution < 1.29 is 9.21 Å². The van der Waals surface area contributed by atoms with E-state index in [9.17, 15) is 4.79 Å². The van der Waals surface area contributed by atoms with Crippen LogP contribution in [0.1, 0.15) is 21.7 Å². The summed E-state index contributed by atoms with van der Waals surface area (Å²) < 4.78 is 7.66. The Morgan fingerprint density at radius 3 is 2.55 bits per heavy atom. The fraction of sp³-hybridized carbons (Fsp3) is 0.0417. The number of halogens is 2. The van der Waals surface area contributed by atoms with Crippen LogP contribution in [0.15, 0.2) is 83.7 Å². The SMILES string of the molecule is O=C(c1cnc(-c2cccnc2)o1)c1c(Cl)n(Cc2ccc(Cl)cc2)c2ccccc12. The van der Waals surface area contributed by atoms with Gasteiger partial charge in [0.05, 0.1) is 22.8 Å². The Hall–Kier alpha value is -3.41. The zero-order valence-electron chi connectivity index (χ0n) is 16.1. The number of hydrogen-bond acceptors (Lipinski definition) is 4. The third kappa shape index (κ3) is 3.63. The molecular formula is C24H15Cl2N3O2. The van der Waals surface area contributed by atoms with Crippen LogP contribution in [0.4, 0.5) is 0 Å². The van der Waals surface area contributed by atoms with E-state index in [-0.39, 0.29) is 11.5 Å². The van der Waals surface area contributed by atoms with Crippen molar-refractivity contribution in [3.05, 3.63) is 106 Å². The van der Waals surface area contributed by atoms with Crippen LogP contribution in [0.25, 0.3) is 22.4 Å². The van der Waals surface area contributed by atoms with Gasteiger partial charge in [0, 0.05) is 29.3 Å². The van der Waals surface area contributed by atoms with Gasteiger partial charge in [-0.1, -0.05) is 53.5 Å². The molecule has 5 nitrogen and oxygen atoms in total. The summed E-state index contributed by atoms with van der Waals surface area (Å²) in [5, 5.41) is 1.77. The maximum atomic E-state index is 13.4. The molecule has 0 aliphatic heterocycles. The first-order chi connectivity index (χ1) is 15.1. The first kappa shape index (κ1) is 19.5. The molecule has 5 rings (SSSR count). The van der Waals surface area contributed by atoms with Gasteiger partial charge in [0.25, 0.3) is 0 Å². The molecule has 0 aliphatic rings. The van der Waals surface area contributed by atoms with Crippen LogP contribution < -0.4 is 0 Å². The monoisotopic (exact) mass is 447 g/mol. The molecule has 31 heavy (non-hydrogen) atoms. The predicted molar refractivity (Wildman–Crippen MR) is 121 cm³/mol. The van der Waals surface area contributed by atoms with Gasteiger partial charge in [0.15, 0.2) is 5.76 Å². The lowest BCUT2D eigenvalue weighted by Crippen LogP contribution is -2.03. The molecule has 0 atom stereocenters. The molecule has 0 fully saturated rings. The number of carbonyl (C=O) groups excluding carboxylic acids is 1. The van der Waals surface area contributed by atoms with Crippen LogP contribution in [0.2, 0.25) is 10.2 Å². The normalized spacial score (nSPS) is 11.2. The maximum absolute atomic E-state index is 13.4. The van der Waals surface area contributed by atoms with E-state index in [1.165, 1.54) is 6.20 Å². The molecule has 0 unspecified atom stereocenters. The topological polar surface area (TPSA) is 60.9 Å². The van der Waals surface area contributed by atoms with Gasteiger partial charge in [-0.05, 0) is 35.9 Å². The zero-order chi connectivity index (χ0) is 21.4. The number of fused-ring (bicyclic) bond motifs is 1. The third-order valence-electron chi connectivity index (χ3n) is 5.03. The van der Waals surface area contributed by atoms with Crippen molar-refractivity contribution in [3.8, 4) is 11.5 Å². The third-order valence-corrected chi connectivity index (χ3v) is 5.67. The molecule has 0 saturated carbocycles. The van der Waals surface area contributed by atoms with Crippen LogP contribution in [-0.4, -0.2) is 20.3 Å². The average molecular weight is 448 g/mol. The lowest BCUT2D eigenvalue weighted by Gasteiger charge is -2.07. The summed E-state index contributed by atoms with van der Waals surface area (Å²) in [5.74, 6) is 0.131. The van der Waals surface area contributed by atoms with Crippen LogP contribution >= 0.6 is 23.2 Å². The van der Waals surface area contributed by atoms with Crippen molar-refractivity contribution in [1.82, 2.24) is 14.5 Å². The zero-order valence-corrected chi connectivity index (χ0v) is 17.6. The summed E-state index contributed by atoms with van der Waals surface area (Å²) in [6, 6.07) is 18.7. The summed E-state index contributed by atoms with van der Waals surface area (Å²) in [6.07, 6.45) is 4.71. The van der Waals surface area contributed by atoms with Gasteiger partial charge in [-0.3, -0.25) is 9.78 Å². The molecule has 0 aliphatic carbocycles. The molecule has 2 aromatic carbocycles. The number of hydrogen-bond donors (Lipinski definition) is 0. The molecular weight excluding hydrogens is 433 g/mol. The molecule has 0 spiro atoms. The van der Waals surface area contributed by atoms with E-state index in [0.29, 0.717) is 33.7 Å². The first-order valence-electron chi connectivity index (χ1n) is 9.54. The highest BCUT2D eigenvalue weighted by atomic mass is 35.5. The van der Waals surface area contributed by atoms with Gasteiger partial charge in [-0.2, -0.15) is 0 Å². The molecule has 7 heteroatoms. The Morgan fingerprint density at radius 1 is 0.968 bits per heavy atom. The Balaban J connectivity index is 1.57. The van der Waals surface area contributed by atoms with Gasteiger partial charge >= 0.3 is 0 Å². The van der Waals surface area contributed by atoms with Crippen molar-refractivity contribution in [2.75, 3.05) is 0 Å². The van der Waals surface area contributed by atoms with Gasteiger partial charge in [0.1, 0.15) is 5.15 Å². The standard InChI is InChI=1S/C24H15Cl2N3O2/c25-17-9-7-15(8-10-17)14-29-19-6-2-1-5-18(19)21(23(29)26)22(30)20-13-28-24(31-20)16-4-3-11-27-12-16/h1-13H,14H2. The van der Waals surface area contributed by atoms with E-state index >= 15 is 0 Å². The van der Waals surface area contributed by atoms with E-state index in [0.717, 1.165) is 16.5 Å². The second-order valence-electron chi connectivity index (χ2n) is 7.00. The molecule has 0 amide bonds. The van der Waals surface area contributed by atoms with Gasteiger partial charge in [0.2, 0.25) is 11.7 Å². The molecule has 3 heterocycles. The Morgan fingerprint density at radius 2 is 1.77 bits per heavy atom. The van der Waals surface area contributed by atoms with Gasteiger partial charge < -0.3 is 8.98 Å². The van der Waals surface area contributed by atoms with E-state index in [1.54, 1.807) is 18.5 Å². The molecule has 3 aromatic heterocycles. The van der Waals surface area contributed by atoms with Crippen LogP contribution in [0.3, 0.4) is 0 Å². The summed E-state index contributed by atoms with van der Waals surface area (Å²) in [5.41, 5.74) is 2.96. The van der Waals surface area contributed by atoms with Crippen molar-refractivity contribution in [2.24, 2.45) is 0 Å². The Labute approximate surface area is 187 Å². The highest BCUT2D eigenvalue weighted by Gasteiger charge is 2.25. The molecule has 5 aromatic rings. The molecule has 0 radical (unpaired) electrons. The van der Waals surface area contributed by atoms with E-state index in [4.69, 9.17) is 27.6 Å². The molecule has 0 saturated heterocycles. The smallest absolute Gasteiger partial charge is 0.233 e. The van der Waals surface area contributed by atoms with Gasteiger partial charge in [-0.15, -0.1) is 0 Å². The minimum atomic E-state index is -0.321. The maximum Gasteiger partial charge on any atom is 0.233 e. The second kappa shape index (κ2) is 8.02. The lowest BCUT2D eigenvalue weighted by molar-refractivity contribution is 0.101. The predicted octanol–water partition coefficient (Wildman–Crippen LogP) is 6.28. The van der Waals surface area contributed by atoms with Crippen LogP contribution in [0, 0.1) is 0 Å². The first-order valence-corrected chi connectivity index (χ1v) is 10.3. The number of carbonyl (C=O) groups is 1.